The molecule has 5 heteroatoms. The Hall–Kier alpha value is -1.07. The summed E-state index contributed by atoms with van der Waals surface area (Å²) in [6.07, 6.45) is 4.76. The van der Waals surface area contributed by atoms with E-state index in [4.69, 9.17) is 18.0 Å². The second-order valence-electron chi connectivity index (χ2n) is 12.7. The Kier molecular flexibility index (Phi) is 8.50. The van der Waals surface area contributed by atoms with Crippen LogP contribution in [0.15, 0.2) is 30.3 Å². The maximum atomic E-state index is 13.9. The first kappa shape index (κ1) is 27.5. The van der Waals surface area contributed by atoms with E-state index in [0.29, 0.717) is 5.92 Å². The summed E-state index contributed by atoms with van der Waals surface area (Å²) in [5.41, 5.74) is 9.48. The molecule has 0 radical (unpaired) electrons. The van der Waals surface area contributed by atoms with Crippen LogP contribution in [-0.2, 0) is 5.41 Å². The van der Waals surface area contributed by atoms with Crippen LogP contribution in [0.25, 0.3) is 0 Å². The highest BCUT2D eigenvalue weighted by Gasteiger charge is 2.59. The maximum absolute atomic E-state index is 13.9. The van der Waals surface area contributed by atoms with E-state index in [-0.39, 0.29) is 40.0 Å². The number of halogens is 2. The average Bonchev–Trinajstić information content (AvgIpc) is 2.79. The number of nitrogens with one attached hydrogen (secondary N) is 1. The molecule has 34 heavy (non-hydrogen) atoms. The van der Waals surface area contributed by atoms with Gasteiger partial charge in [-0.2, -0.15) is 0 Å². The van der Waals surface area contributed by atoms with Gasteiger partial charge >= 0.3 is 0 Å². The van der Waals surface area contributed by atoms with Crippen molar-refractivity contribution >= 4 is 17.7 Å². The number of hydrogen-bond acceptors (Lipinski definition) is 2. The quantitative estimate of drug-likeness (QED) is 0.314. The number of alkyl halides is 2. The van der Waals surface area contributed by atoms with Gasteiger partial charge in [0.05, 0.1) is 5.49 Å². The van der Waals surface area contributed by atoms with Gasteiger partial charge in [0.1, 0.15) is 0 Å². The third-order valence-corrected chi connectivity index (χ3v) is 10.1. The molecular formula is C29H46F2N2S. The van der Waals surface area contributed by atoms with Crippen LogP contribution in [0.2, 0.25) is 0 Å². The lowest BCUT2D eigenvalue weighted by molar-refractivity contribution is -0.113. The SMILES string of the molecule is CCC1(CC(F)F)C(C)CC2(c3ccccc3)CC1CC(C)(CCC(N)C(C)(C)CNC=S)C2. The Bertz CT molecular complexity index is 812. The van der Waals surface area contributed by atoms with Crippen LogP contribution in [0.5, 0.6) is 0 Å². The zero-order chi connectivity index (χ0) is 25.2. The maximum Gasteiger partial charge on any atom is 0.239 e. The van der Waals surface area contributed by atoms with Crippen molar-refractivity contribution in [2.45, 2.75) is 104 Å². The molecule has 0 amide bonds. The molecule has 0 aromatic heterocycles. The number of thiocarbonyl (C=S) groups is 1. The van der Waals surface area contributed by atoms with Crippen LogP contribution >= 0.6 is 12.2 Å². The summed E-state index contributed by atoms with van der Waals surface area (Å²) in [4.78, 5) is 0. The molecule has 0 aliphatic heterocycles. The van der Waals surface area contributed by atoms with Gasteiger partial charge in [-0.05, 0) is 84.0 Å². The Balaban J connectivity index is 1.92. The lowest BCUT2D eigenvalue weighted by atomic mass is 9.42. The third kappa shape index (κ3) is 5.51. The molecule has 2 nitrogen and oxygen atoms in total. The zero-order valence-electron chi connectivity index (χ0n) is 21.9. The van der Waals surface area contributed by atoms with Gasteiger partial charge in [0.2, 0.25) is 6.43 Å². The zero-order valence-corrected chi connectivity index (χ0v) is 22.7. The predicted octanol–water partition coefficient (Wildman–Crippen LogP) is 7.50. The molecule has 0 saturated heterocycles. The van der Waals surface area contributed by atoms with E-state index in [2.05, 4.69) is 70.3 Å². The molecule has 192 valence electrons. The van der Waals surface area contributed by atoms with Gasteiger partial charge in [0, 0.05) is 19.0 Å². The first-order valence-corrected chi connectivity index (χ1v) is 13.7. The fourth-order valence-electron chi connectivity index (χ4n) is 7.94. The van der Waals surface area contributed by atoms with Gasteiger partial charge in [-0.15, -0.1) is 0 Å². The van der Waals surface area contributed by atoms with Gasteiger partial charge in [-0.3, -0.25) is 0 Å². The molecule has 2 bridgehead atoms. The van der Waals surface area contributed by atoms with Crippen LogP contribution in [0, 0.1) is 28.1 Å². The smallest absolute Gasteiger partial charge is 0.239 e. The Morgan fingerprint density at radius 1 is 1.21 bits per heavy atom. The molecule has 2 saturated carbocycles. The number of benzene rings is 1. The molecule has 1 aromatic rings. The summed E-state index contributed by atoms with van der Waals surface area (Å²) in [6.45, 7) is 11.9. The van der Waals surface area contributed by atoms with Crippen molar-refractivity contribution in [1.29, 1.82) is 0 Å². The van der Waals surface area contributed by atoms with Crippen LogP contribution in [0.1, 0.15) is 91.5 Å². The molecular weight excluding hydrogens is 446 g/mol. The lowest BCUT2D eigenvalue weighted by Crippen LogP contribution is -2.56. The van der Waals surface area contributed by atoms with Gasteiger partial charge in [-0.25, -0.2) is 8.78 Å². The van der Waals surface area contributed by atoms with Crippen molar-refractivity contribution in [3.63, 3.8) is 0 Å². The highest BCUT2D eigenvalue weighted by atomic mass is 32.1. The van der Waals surface area contributed by atoms with Crippen LogP contribution < -0.4 is 11.1 Å². The second-order valence-corrected chi connectivity index (χ2v) is 12.9. The van der Waals surface area contributed by atoms with Crippen molar-refractivity contribution in [3.8, 4) is 0 Å². The van der Waals surface area contributed by atoms with Crippen molar-refractivity contribution in [1.82, 2.24) is 5.32 Å². The summed E-state index contributed by atoms with van der Waals surface area (Å²) < 4.78 is 27.8. The minimum Gasteiger partial charge on any atom is -0.382 e. The molecule has 2 aliphatic carbocycles. The first-order chi connectivity index (χ1) is 15.9. The van der Waals surface area contributed by atoms with E-state index in [1.54, 1.807) is 5.49 Å². The van der Waals surface area contributed by atoms with E-state index in [1.165, 1.54) is 5.56 Å². The molecule has 3 N–H and O–H groups in total. The first-order valence-electron chi connectivity index (χ1n) is 13.2. The minimum absolute atomic E-state index is 0.0338. The average molecular weight is 493 g/mol. The normalized spacial score (nSPS) is 34.6. The van der Waals surface area contributed by atoms with Gasteiger partial charge < -0.3 is 11.1 Å². The van der Waals surface area contributed by atoms with E-state index >= 15 is 0 Å². The van der Waals surface area contributed by atoms with Crippen molar-refractivity contribution in [2.24, 2.45) is 33.8 Å². The van der Waals surface area contributed by atoms with Gasteiger partial charge in [0.15, 0.2) is 0 Å². The fraction of sp³-hybridized carbons (Fsp3) is 0.759. The molecule has 0 heterocycles. The highest BCUT2D eigenvalue weighted by Crippen LogP contribution is 2.66. The molecule has 1 aromatic carbocycles. The van der Waals surface area contributed by atoms with E-state index in [0.717, 1.165) is 51.5 Å². The second kappa shape index (κ2) is 10.5. The predicted molar refractivity (Wildman–Crippen MR) is 143 cm³/mol. The standard InChI is InChI=1S/C29H46F2N2S/c1-6-29(17-25(30)31)21(2)14-28(22-10-8-7-9-11-22)16-23(29)15-27(5,18-28)13-12-24(32)26(3,4)19-33-20-34/h7-11,20-21,23-25H,6,12-19,32H2,1-5H3,(H,33,34). The number of fused-ring (bicyclic) bond motifs is 2. The molecule has 0 spiro atoms. The minimum atomic E-state index is -2.25. The molecule has 2 aliphatic rings. The molecule has 6 atom stereocenters. The van der Waals surface area contributed by atoms with E-state index in [1.807, 2.05) is 0 Å². The lowest BCUT2D eigenvalue weighted by Gasteiger charge is -2.63. The van der Waals surface area contributed by atoms with Crippen LogP contribution in [0.3, 0.4) is 0 Å². The Morgan fingerprint density at radius 3 is 2.47 bits per heavy atom. The largest absolute Gasteiger partial charge is 0.382 e. The Morgan fingerprint density at radius 2 is 1.88 bits per heavy atom. The summed E-state index contributed by atoms with van der Waals surface area (Å²) in [7, 11) is 0. The van der Waals surface area contributed by atoms with E-state index in [9.17, 15) is 8.78 Å². The topological polar surface area (TPSA) is 38.0 Å². The number of nitrogens with two attached hydrogens (primary N) is 1. The summed E-state index contributed by atoms with van der Waals surface area (Å²) in [6, 6.07) is 10.9. The molecule has 6 unspecified atom stereocenters. The van der Waals surface area contributed by atoms with Crippen LogP contribution in [-0.4, -0.2) is 24.5 Å². The highest BCUT2D eigenvalue weighted by molar-refractivity contribution is 7.78. The monoisotopic (exact) mass is 492 g/mol. The third-order valence-electron chi connectivity index (χ3n) is 9.92. The van der Waals surface area contributed by atoms with Gasteiger partial charge in [0.25, 0.3) is 0 Å². The molecule has 2 fully saturated rings. The van der Waals surface area contributed by atoms with Crippen LogP contribution in [0.4, 0.5) is 8.78 Å². The van der Waals surface area contributed by atoms with Gasteiger partial charge in [-0.1, -0.05) is 77.2 Å². The molecule has 3 rings (SSSR count). The summed E-state index contributed by atoms with van der Waals surface area (Å²) in [5.74, 6) is 0.604. The summed E-state index contributed by atoms with van der Waals surface area (Å²) in [5, 5.41) is 3.16. The number of rotatable bonds is 11. The number of hydrogen-bond donors (Lipinski definition) is 2. The van der Waals surface area contributed by atoms with Crippen molar-refractivity contribution in [2.75, 3.05) is 6.54 Å². The Labute approximate surface area is 211 Å². The van der Waals surface area contributed by atoms with E-state index < -0.39 is 6.43 Å². The fourth-order valence-corrected chi connectivity index (χ4v) is 8.02. The van der Waals surface area contributed by atoms with Crippen molar-refractivity contribution < 1.29 is 8.78 Å². The van der Waals surface area contributed by atoms with Crippen molar-refractivity contribution in [3.05, 3.63) is 35.9 Å². The summed E-state index contributed by atoms with van der Waals surface area (Å²) >= 11 is 4.94.